The Hall–Kier alpha value is -4.15. The number of rotatable bonds is 18. The van der Waals surface area contributed by atoms with Crippen LogP contribution in [0.3, 0.4) is 0 Å². The summed E-state index contributed by atoms with van der Waals surface area (Å²) >= 11 is 0. The Balaban J connectivity index is 1.47. The molecule has 0 bridgehead atoms. The van der Waals surface area contributed by atoms with Crippen LogP contribution in [0.1, 0.15) is 45.2 Å². The van der Waals surface area contributed by atoms with E-state index in [-0.39, 0.29) is 43.8 Å². The molecule has 0 aliphatic carbocycles. The highest BCUT2D eigenvalue weighted by Gasteiger charge is 2.35. The fourth-order valence-electron chi connectivity index (χ4n) is 3.82. The molecule has 0 aliphatic rings. The Morgan fingerprint density at radius 3 is 2.26 bits per heavy atom. The van der Waals surface area contributed by atoms with Crippen molar-refractivity contribution in [1.82, 2.24) is 9.97 Å². The van der Waals surface area contributed by atoms with Crippen molar-refractivity contribution in [3.8, 4) is 5.75 Å². The first kappa shape index (κ1) is 37.3. The number of esters is 1. The molecule has 3 aromatic rings. The molecule has 0 aliphatic heterocycles. The molecule has 258 valence electrons. The zero-order valence-corrected chi connectivity index (χ0v) is 27.5. The van der Waals surface area contributed by atoms with Gasteiger partial charge in [0.1, 0.15) is 29.3 Å². The molecule has 3 rings (SSSR count). The molecule has 1 aromatic heterocycles. The number of nitrogens with one attached hydrogen (secondary N) is 3. The van der Waals surface area contributed by atoms with Crippen LogP contribution in [0.4, 0.5) is 36.3 Å². The molecule has 3 N–H and O–H groups in total. The van der Waals surface area contributed by atoms with Crippen LogP contribution in [0, 0.1) is 0 Å². The molecule has 1 heterocycles. The summed E-state index contributed by atoms with van der Waals surface area (Å²) in [7, 11) is -3.51. The van der Waals surface area contributed by atoms with Crippen molar-refractivity contribution < 1.29 is 45.3 Å². The van der Waals surface area contributed by atoms with Crippen LogP contribution in [0.25, 0.3) is 0 Å². The molecule has 12 nitrogen and oxygen atoms in total. The maximum absolute atomic E-state index is 13.7. The van der Waals surface area contributed by atoms with Crippen molar-refractivity contribution in [2.24, 2.45) is 0 Å². The molecular formula is C31H40F3N5O7S. The Bertz CT molecular complexity index is 1550. The summed E-state index contributed by atoms with van der Waals surface area (Å²) in [6.07, 6.45) is -3.86. The molecule has 47 heavy (non-hydrogen) atoms. The van der Waals surface area contributed by atoms with E-state index in [1.807, 2.05) is 0 Å². The summed E-state index contributed by atoms with van der Waals surface area (Å²) in [5.41, 5.74) is -0.236. The zero-order valence-electron chi connectivity index (χ0n) is 26.6. The number of nitrogens with zero attached hydrogens (tertiary/aromatic N) is 2. The molecular weight excluding hydrogens is 643 g/mol. The minimum Gasteiger partial charge on any atom is -0.491 e. The summed E-state index contributed by atoms with van der Waals surface area (Å²) in [5.74, 6) is -0.405. The molecule has 2 aromatic carbocycles. The van der Waals surface area contributed by atoms with Crippen molar-refractivity contribution in [1.29, 1.82) is 0 Å². The largest absolute Gasteiger partial charge is 0.491 e. The normalized spacial score (nSPS) is 12.0. The van der Waals surface area contributed by atoms with E-state index in [0.717, 1.165) is 0 Å². The average Bonchev–Trinajstić information content (AvgIpc) is 2.98. The van der Waals surface area contributed by atoms with Gasteiger partial charge in [0.15, 0.2) is 0 Å². The number of benzene rings is 2. The fraction of sp³-hybridized carbons (Fsp3) is 0.452. The van der Waals surface area contributed by atoms with Crippen LogP contribution in [-0.4, -0.2) is 68.7 Å². The van der Waals surface area contributed by atoms with Crippen molar-refractivity contribution >= 4 is 39.1 Å². The van der Waals surface area contributed by atoms with Gasteiger partial charge < -0.3 is 29.6 Å². The minimum absolute atomic E-state index is 0.0574. The van der Waals surface area contributed by atoms with Gasteiger partial charge in [0.2, 0.25) is 16.0 Å². The van der Waals surface area contributed by atoms with E-state index in [1.165, 1.54) is 13.0 Å². The lowest BCUT2D eigenvalue weighted by molar-refractivity contribution is -0.156. The second-order valence-corrected chi connectivity index (χ2v) is 13.1. The minimum atomic E-state index is -4.71. The van der Waals surface area contributed by atoms with Gasteiger partial charge in [-0.15, -0.1) is 0 Å². The molecule has 0 saturated heterocycles. The van der Waals surface area contributed by atoms with Crippen LogP contribution < -0.4 is 20.1 Å². The first-order chi connectivity index (χ1) is 22.1. The molecule has 0 amide bonds. The number of hydrogen-bond acceptors (Lipinski definition) is 11. The van der Waals surface area contributed by atoms with Gasteiger partial charge in [-0.25, -0.2) is 13.4 Å². The second kappa shape index (κ2) is 17.1. The van der Waals surface area contributed by atoms with Gasteiger partial charge in [-0.2, -0.15) is 18.2 Å². The second-order valence-electron chi connectivity index (χ2n) is 11.1. The number of carbonyl (C=O) groups excluding carboxylic acids is 1. The van der Waals surface area contributed by atoms with Gasteiger partial charge >= 0.3 is 12.1 Å². The predicted octanol–water partition coefficient (Wildman–Crippen LogP) is 5.76. The van der Waals surface area contributed by atoms with Crippen molar-refractivity contribution in [3.63, 3.8) is 0 Å². The Kier molecular flexibility index (Phi) is 13.6. The third-order valence-electron chi connectivity index (χ3n) is 5.98. The van der Waals surface area contributed by atoms with Crippen LogP contribution in [0.15, 0.2) is 54.7 Å². The van der Waals surface area contributed by atoms with E-state index in [0.29, 0.717) is 48.7 Å². The molecule has 0 saturated carbocycles. The Labute approximate surface area is 272 Å². The van der Waals surface area contributed by atoms with Crippen LogP contribution in [0.2, 0.25) is 0 Å². The standard InChI is InChI=1S/C31H40F3N5O7S/c1-5-47(41,42)39-24-8-6-7-22(19-24)20-35-28-26(31(32,33)34)21-36-29(38-28)37-23-9-11-25(12-10-23)45-18-17-44-16-15-43-14-13-27(40)46-30(2,3)4/h6-12,19,21,39H,5,13-18,20H2,1-4H3,(H2,35,36,37,38). The highest BCUT2D eigenvalue weighted by atomic mass is 32.2. The van der Waals surface area contributed by atoms with Gasteiger partial charge in [-0.1, -0.05) is 12.1 Å². The number of hydrogen-bond donors (Lipinski definition) is 3. The Morgan fingerprint density at radius 1 is 0.915 bits per heavy atom. The molecule has 16 heteroatoms. The van der Waals surface area contributed by atoms with Crippen molar-refractivity contribution in [3.05, 3.63) is 65.9 Å². The van der Waals surface area contributed by atoms with Crippen LogP contribution >= 0.6 is 0 Å². The van der Waals surface area contributed by atoms with E-state index in [2.05, 4.69) is 25.3 Å². The van der Waals surface area contributed by atoms with Gasteiger partial charge in [-0.3, -0.25) is 9.52 Å². The predicted molar refractivity (Wildman–Crippen MR) is 171 cm³/mol. The summed E-state index contributed by atoms with van der Waals surface area (Å²) in [5, 5.41) is 5.57. The number of alkyl halides is 3. The molecule has 0 unspecified atom stereocenters. The van der Waals surface area contributed by atoms with Gasteiger partial charge in [0.05, 0.1) is 38.6 Å². The maximum Gasteiger partial charge on any atom is 0.421 e. The van der Waals surface area contributed by atoms with E-state index >= 15 is 0 Å². The summed E-state index contributed by atoms with van der Waals surface area (Å²) in [6, 6.07) is 13.0. The quantitative estimate of drug-likeness (QED) is 0.111. The fourth-order valence-corrected chi connectivity index (χ4v) is 4.45. The Morgan fingerprint density at radius 2 is 1.60 bits per heavy atom. The highest BCUT2D eigenvalue weighted by Crippen LogP contribution is 2.34. The van der Waals surface area contributed by atoms with Gasteiger partial charge in [0.25, 0.3) is 0 Å². The first-order valence-electron chi connectivity index (χ1n) is 14.8. The average molecular weight is 684 g/mol. The first-order valence-corrected chi connectivity index (χ1v) is 16.4. The van der Waals surface area contributed by atoms with Crippen LogP contribution in [0.5, 0.6) is 5.75 Å². The number of anilines is 4. The number of aromatic nitrogens is 2. The number of halogens is 3. The maximum atomic E-state index is 13.7. The lowest BCUT2D eigenvalue weighted by Crippen LogP contribution is -2.24. The van der Waals surface area contributed by atoms with E-state index in [9.17, 15) is 26.4 Å². The topological polar surface area (TPSA) is 150 Å². The smallest absolute Gasteiger partial charge is 0.421 e. The lowest BCUT2D eigenvalue weighted by atomic mass is 10.2. The highest BCUT2D eigenvalue weighted by molar-refractivity contribution is 7.92. The number of ether oxygens (including phenoxy) is 4. The summed E-state index contributed by atoms with van der Waals surface area (Å²) in [6.45, 7) is 8.32. The monoisotopic (exact) mass is 683 g/mol. The zero-order chi connectivity index (χ0) is 34.5. The third-order valence-corrected chi connectivity index (χ3v) is 7.29. The number of sulfonamides is 1. The van der Waals surface area contributed by atoms with E-state index in [1.54, 1.807) is 63.2 Å². The van der Waals surface area contributed by atoms with Crippen molar-refractivity contribution in [2.45, 2.75) is 52.4 Å². The lowest BCUT2D eigenvalue weighted by Gasteiger charge is -2.19. The summed E-state index contributed by atoms with van der Waals surface area (Å²) < 4.78 is 88.9. The van der Waals surface area contributed by atoms with E-state index in [4.69, 9.17) is 18.9 Å². The molecule has 0 radical (unpaired) electrons. The number of carbonyl (C=O) groups is 1. The molecule has 0 spiro atoms. The van der Waals surface area contributed by atoms with Gasteiger partial charge in [-0.05, 0) is 69.7 Å². The molecule has 0 fully saturated rings. The summed E-state index contributed by atoms with van der Waals surface area (Å²) in [4.78, 5) is 19.5. The molecule has 0 atom stereocenters. The SMILES string of the molecule is CCS(=O)(=O)Nc1cccc(CNc2nc(Nc3ccc(OCCOCCOCCC(=O)OC(C)(C)C)cc3)ncc2C(F)(F)F)c1. The van der Waals surface area contributed by atoms with Crippen LogP contribution in [-0.2, 0) is 41.7 Å². The van der Waals surface area contributed by atoms with Crippen molar-refractivity contribution in [2.75, 3.05) is 54.1 Å². The van der Waals surface area contributed by atoms with E-state index < -0.39 is 33.2 Å². The third kappa shape index (κ3) is 14.0. The van der Waals surface area contributed by atoms with Gasteiger partial charge in [0, 0.05) is 24.1 Å².